The van der Waals surface area contributed by atoms with Crippen molar-refractivity contribution in [2.75, 3.05) is 7.11 Å². The van der Waals surface area contributed by atoms with Gasteiger partial charge in [0.15, 0.2) is 0 Å². The van der Waals surface area contributed by atoms with E-state index in [2.05, 4.69) is 18.8 Å². The average Bonchev–Trinajstić information content (AvgIpc) is 3.01. The first-order chi connectivity index (χ1) is 7.13. The number of aromatic nitrogens is 1. The van der Waals surface area contributed by atoms with Crippen LogP contribution in [-0.4, -0.2) is 12.1 Å². The van der Waals surface area contributed by atoms with Crippen LogP contribution in [0.1, 0.15) is 49.9 Å². The van der Waals surface area contributed by atoms with Gasteiger partial charge in [-0.2, -0.15) is 0 Å². The predicted molar refractivity (Wildman–Crippen MR) is 61.9 cm³/mol. The Balaban J connectivity index is 2.47. The summed E-state index contributed by atoms with van der Waals surface area (Å²) in [5.74, 6) is 1.73. The van der Waals surface area contributed by atoms with E-state index in [1.54, 1.807) is 7.11 Å². The van der Waals surface area contributed by atoms with Crippen LogP contribution in [0.15, 0.2) is 6.07 Å². The first-order valence-electron chi connectivity index (χ1n) is 5.37. The second-order valence-corrected chi connectivity index (χ2v) is 4.76. The van der Waals surface area contributed by atoms with Crippen molar-refractivity contribution < 1.29 is 4.74 Å². The van der Waals surface area contributed by atoms with E-state index < -0.39 is 0 Å². The van der Waals surface area contributed by atoms with Crippen LogP contribution < -0.4 is 4.74 Å². The van der Waals surface area contributed by atoms with E-state index in [1.165, 1.54) is 12.8 Å². The lowest BCUT2D eigenvalue weighted by Gasteiger charge is -2.12. The lowest BCUT2D eigenvalue weighted by molar-refractivity contribution is 0.412. The zero-order valence-electron chi connectivity index (χ0n) is 9.38. The molecule has 0 unspecified atom stereocenters. The molecule has 0 bridgehead atoms. The summed E-state index contributed by atoms with van der Waals surface area (Å²) < 4.78 is 5.28. The Kier molecular flexibility index (Phi) is 2.87. The van der Waals surface area contributed by atoms with Crippen LogP contribution in [0.2, 0.25) is 5.02 Å². The van der Waals surface area contributed by atoms with Crippen LogP contribution in [0.4, 0.5) is 0 Å². The van der Waals surface area contributed by atoms with Crippen LogP contribution in [0, 0.1) is 0 Å². The normalized spacial score (nSPS) is 15.8. The molecule has 1 heterocycles. The Hall–Kier alpha value is -0.760. The molecule has 0 amide bonds. The van der Waals surface area contributed by atoms with Gasteiger partial charge in [-0.05, 0) is 18.8 Å². The van der Waals surface area contributed by atoms with Gasteiger partial charge in [0.25, 0.3) is 0 Å². The highest BCUT2D eigenvalue weighted by atomic mass is 35.5. The average molecular weight is 226 g/mol. The van der Waals surface area contributed by atoms with Crippen molar-refractivity contribution in [1.82, 2.24) is 4.98 Å². The molecule has 2 rings (SSSR count). The molecule has 1 aromatic rings. The molecule has 0 atom stereocenters. The topological polar surface area (TPSA) is 22.1 Å². The summed E-state index contributed by atoms with van der Waals surface area (Å²) in [6.07, 6.45) is 2.41. The van der Waals surface area contributed by atoms with Crippen LogP contribution >= 0.6 is 11.6 Å². The third-order valence-corrected chi connectivity index (χ3v) is 3.13. The summed E-state index contributed by atoms with van der Waals surface area (Å²) in [5, 5.41) is 0.699. The van der Waals surface area contributed by atoms with Crippen molar-refractivity contribution in [1.29, 1.82) is 0 Å². The molecule has 3 heteroatoms. The van der Waals surface area contributed by atoms with Crippen molar-refractivity contribution in [3.63, 3.8) is 0 Å². The quantitative estimate of drug-likeness (QED) is 0.782. The van der Waals surface area contributed by atoms with Crippen LogP contribution in [-0.2, 0) is 0 Å². The summed E-state index contributed by atoms with van der Waals surface area (Å²) in [5.41, 5.74) is 2.10. The minimum atomic E-state index is 0.411. The zero-order valence-corrected chi connectivity index (χ0v) is 10.1. The fraction of sp³-hybridized carbons (Fsp3) is 0.583. The van der Waals surface area contributed by atoms with Crippen molar-refractivity contribution in [2.24, 2.45) is 0 Å². The van der Waals surface area contributed by atoms with Gasteiger partial charge in [0.05, 0.1) is 12.8 Å². The summed E-state index contributed by atoms with van der Waals surface area (Å²) in [7, 11) is 1.65. The standard InChI is InChI=1S/C12H16ClNO/c1-7(2)9-6-10(15-3)11(13)12(14-9)8-4-5-8/h6-8H,4-5H2,1-3H3. The monoisotopic (exact) mass is 225 g/mol. The minimum absolute atomic E-state index is 0.411. The number of ether oxygens (including phenoxy) is 1. The van der Waals surface area contributed by atoms with E-state index in [4.69, 9.17) is 16.3 Å². The van der Waals surface area contributed by atoms with E-state index in [1.807, 2.05) is 6.07 Å². The molecule has 0 spiro atoms. The highest BCUT2D eigenvalue weighted by Crippen LogP contribution is 2.45. The number of hydrogen-bond donors (Lipinski definition) is 0. The Bertz CT molecular complexity index is 372. The molecule has 15 heavy (non-hydrogen) atoms. The van der Waals surface area contributed by atoms with Gasteiger partial charge in [-0.1, -0.05) is 25.4 Å². The molecule has 0 N–H and O–H groups in total. The Morgan fingerprint density at radius 2 is 2.13 bits per heavy atom. The van der Waals surface area contributed by atoms with E-state index in [-0.39, 0.29) is 0 Å². The molecule has 1 fully saturated rings. The van der Waals surface area contributed by atoms with Crippen molar-refractivity contribution in [3.8, 4) is 5.75 Å². The fourth-order valence-corrected chi connectivity index (χ4v) is 1.94. The molecule has 1 saturated carbocycles. The number of pyridine rings is 1. The van der Waals surface area contributed by atoms with Crippen LogP contribution in [0.5, 0.6) is 5.75 Å². The molecule has 1 aromatic heterocycles. The van der Waals surface area contributed by atoms with Crippen molar-refractivity contribution in [3.05, 3.63) is 22.5 Å². The van der Waals surface area contributed by atoms with Gasteiger partial charge in [0.1, 0.15) is 10.8 Å². The van der Waals surface area contributed by atoms with Crippen molar-refractivity contribution >= 4 is 11.6 Å². The van der Waals surface area contributed by atoms with E-state index in [9.17, 15) is 0 Å². The first kappa shape index (κ1) is 10.7. The molecule has 1 aliphatic rings. The van der Waals surface area contributed by atoms with E-state index in [0.29, 0.717) is 16.9 Å². The number of rotatable bonds is 3. The second-order valence-electron chi connectivity index (χ2n) is 4.38. The molecule has 0 aromatic carbocycles. The maximum absolute atomic E-state index is 6.23. The Morgan fingerprint density at radius 3 is 2.60 bits per heavy atom. The van der Waals surface area contributed by atoms with E-state index >= 15 is 0 Å². The maximum atomic E-state index is 6.23. The summed E-state index contributed by atoms with van der Waals surface area (Å²) in [6, 6.07) is 1.94. The smallest absolute Gasteiger partial charge is 0.141 e. The van der Waals surface area contributed by atoms with Gasteiger partial charge in [0, 0.05) is 17.7 Å². The minimum Gasteiger partial charge on any atom is -0.495 e. The number of hydrogen-bond acceptors (Lipinski definition) is 2. The fourth-order valence-electron chi connectivity index (χ4n) is 1.62. The largest absolute Gasteiger partial charge is 0.495 e. The summed E-state index contributed by atoms with van der Waals surface area (Å²) in [4.78, 5) is 4.63. The highest BCUT2D eigenvalue weighted by molar-refractivity contribution is 6.32. The van der Waals surface area contributed by atoms with Crippen LogP contribution in [0.25, 0.3) is 0 Å². The molecular weight excluding hydrogens is 210 g/mol. The lowest BCUT2D eigenvalue weighted by Crippen LogP contribution is -2.00. The Morgan fingerprint density at radius 1 is 1.47 bits per heavy atom. The Labute approximate surface area is 95.6 Å². The number of nitrogens with zero attached hydrogens (tertiary/aromatic N) is 1. The third kappa shape index (κ3) is 2.10. The van der Waals surface area contributed by atoms with Gasteiger partial charge in [-0.25, -0.2) is 0 Å². The van der Waals surface area contributed by atoms with Gasteiger partial charge in [-0.15, -0.1) is 0 Å². The SMILES string of the molecule is COc1cc(C(C)C)nc(C2CC2)c1Cl. The first-order valence-corrected chi connectivity index (χ1v) is 5.75. The van der Waals surface area contributed by atoms with Gasteiger partial charge in [-0.3, -0.25) is 4.98 Å². The molecule has 1 aliphatic carbocycles. The molecule has 0 saturated heterocycles. The maximum Gasteiger partial charge on any atom is 0.141 e. The van der Waals surface area contributed by atoms with Gasteiger partial charge < -0.3 is 4.74 Å². The number of halogens is 1. The predicted octanol–water partition coefficient (Wildman–Crippen LogP) is 3.74. The van der Waals surface area contributed by atoms with E-state index in [0.717, 1.165) is 17.1 Å². The molecule has 82 valence electrons. The molecule has 2 nitrogen and oxygen atoms in total. The highest BCUT2D eigenvalue weighted by Gasteiger charge is 2.29. The second kappa shape index (κ2) is 4.01. The molecule has 0 aliphatic heterocycles. The number of methoxy groups -OCH3 is 1. The van der Waals surface area contributed by atoms with Gasteiger partial charge >= 0.3 is 0 Å². The van der Waals surface area contributed by atoms with Crippen LogP contribution in [0.3, 0.4) is 0 Å². The molecule has 0 radical (unpaired) electrons. The van der Waals surface area contributed by atoms with Crippen molar-refractivity contribution in [2.45, 2.75) is 38.5 Å². The zero-order chi connectivity index (χ0) is 11.0. The lowest BCUT2D eigenvalue weighted by atomic mass is 10.1. The van der Waals surface area contributed by atoms with Gasteiger partial charge in [0.2, 0.25) is 0 Å². The summed E-state index contributed by atoms with van der Waals surface area (Å²) >= 11 is 6.23. The summed E-state index contributed by atoms with van der Waals surface area (Å²) in [6.45, 7) is 4.26. The molecular formula is C12H16ClNO. The third-order valence-electron chi connectivity index (χ3n) is 2.75.